The second kappa shape index (κ2) is 53.1. The topological polar surface area (TPSA) is 105 Å². The maximum absolute atomic E-state index is 12.9. The summed E-state index contributed by atoms with van der Waals surface area (Å²) in [5.74, 6) is -0.174. The van der Waals surface area contributed by atoms with E-state index in [1.165, 1.54) is 263 Å². The van der Waals surface area contributed by atoms with E-state index in [0.717, 1.165) is 38.5 Å². The van der Waals surface area contributed by atoms with Gasteiger partial charge in [0, 0.05) is 6.42 Å². The molecule has 0 aliphatic heterocycles. The number of aliphatic hydroxyl groups excluding tert-OH is 1. The van der Waals surface area contributed by atoms with E-state index in [-0.39, 0.29) is 19.1 Å². The highest BCUT2D eigenvalue weighted by molar-refractivity contribution is 7.47. The Morgan fingerprint density at radius 2 is 0.757 bits per heavy atom. The van der Waals surface area contributed by atoms with Crippen molar-refractivity contribution < 1.29 is 32.9 Å². The maximum atomic E-state index is 12.9. The van der Waals surface area contributed by atoms with Crippen LogP contribution in [-0.4, -0.2) is 73.4 Å². The van der Waals surface area contributed by atoms with Crippen LogP contribution in [0.4, 0.5) is 0 Å². The van der Waals surface area contributed by atoms with E-state index in [1.807, 2.05) is 27.2 Å². The highest BCUT2D eigenvalue weighted by Crippen LogP contribution is 2.43. The van der Waals surface area contributed by atoms with Crippen LogP contribution in [0.25, 0.3) is 0 Å². The van der Waals surface area contributed by atoms with Gasteiger partial charge in [-0.1, -0.05) is 309 Å². The van der Waals surface area contributed by atoms with Gasteiger partial charge in [0.15, 0.2) is 0 Å². The van der Waals surface area contributed by atoms with Gasteiger partial charge in [0.05, 0.1) is 39.9 Å². The third kappa shape index (κ3) is 55.0. The number of nitrogens with one attached hydrogen (secondary N) is 1. The molecule has 0 aromatic rings. The Bertz CT molecular complexity index is 1150. The minimum Gasteiger partial charge on any atom is -0.387 e. The minimum atomic E-state index is -4.33. The van der Waals surface area contributed by atoms with Crippen molar-refractivity contribution >= 4 is 13.7 Å². The number of nitrogens with zero attached hydrogens (tertiary/aromatic N) is 1. The first-order chi connectivity index (χ1) is 34.0. The molecule has 0 saturated heterocycles. The van der Waals surface area contributed by atoms with Gasteiger partial charge in [0.1, 0.15) is 13.2 Å². The number of phosphoric acid groups is 1. The lowest BCUT2D eigenvalue weighted by atomic mass is 10.0. The van der Waals surface area contributed by atoms with Gasteiger partial charge in [0.2, 0.25) is 5.91 Å². The fourth-order valence-corrected chi connectivity index (χ4v) is 10.4. The number of hydrogen-bond acceptors (Lipinski definition) is 5. The zero-order valence-corrected chi connectivity index (χ0v) is 48.7. The smallest absolute Gasteiger partial charge is 0.387 e. The fourth-order valence-electron chi connectivity index (χ4n) is 9.63. The van der Waals surface area contributed by atoms with Crippen LogP contribution in [0.5, 0.6) is 0 Å². The van der Waals surface area contributed by atoms with E-state index in [0.29, 0.717) is 17.4 Å². The standard InChI is InChI=1S/C61H123N2O6P/c1-6-8-10-12-14-16-17-18-19-20-21-22-23-24-25-26-27-28-29-30-31-32-33-34-35-36-37-38-39-40-41-42-43-44-45-46-47-49-51-53-55-61(65)62-59(58-69-70(66,67)68-57-56-63(3,4)5)60(64)54-52-50-48-15-13-11-9-7-2/h52,54,59-60,64H,6-51,53,55-58H2,1-5H3,(H-,62,65,66,67)/p+1/b54-52+. The number of quaternary nitrogens is 1. The number of phosphoric ester groups is 1. The molecule has 70 heavy (non-hydrogen) atoms. The summed E-state index contributed by atoms with van der Waals surface area (Å²) in [7, 11) is 1.58. The third-order valence-corrected chi connectivity index (χ3v) is 15.5. The molecule has 0 aromatic carbocycles. The van der Waals surface area contributed by atoms with Crippen molar-refractivity contribution in [1.82, 2.24) is 5.32 Å². The van der Waals surface area contributed by atoms with Crippen molar-refractivity contribution in [2.24, 2.45) is 0 Å². The van der Waals surface area contributed by atoms with E-state index in [9.17, 15) is 19.4 Å². The molecule has 0 radical (unpaired) electrons. The van der Waals surface area contributed by atoms with Gasteiger partial charge < -0.3 is 19.8 Å². The van der Waals surface area contributed by atoms with Crippen LogP contribution in [-0.2, 0) is 18.4 Å². The molecule has 0 bridgehead atoms. The lowest BCUT2D eigenvalue weighted by Crippen LogP contribution is -2.45. The lowest BCUT2D eigenvalue weighted by Gasteiger charge is -2.25. The van der Waals surface area contributed by atoms with Crippen molar-refractivity contribution in [1.29, 1.82) is 0 Å². The molecule has 3 unspecified atom stereocenters. The highest BCUT2D eigenvalue weighted by Gasteiger charge is 2.27. The molecule has 0 saturated carbocycles. The van der Waals surface area contributed by atoms with Crippen LogP contribution in [0.2, 0.25) is 0 Å². The molecule has 0 aliphatic rings. The quantitative estimate of drug-likeness (QED) is 0.0243. The molecule has 418 valence electrons. The summed E-state index contributed by atoms with van der Waals surface area (Å²) >= 11 is 0. The number of unbranched alkanes of at least 4 members (excludes halogenated alkanes) is 45. The van der Waals surface area contributed by atoms with Gasteiger partial charge in [-0.15, -0.1) is 0 Å². The Morgan fingerprint density at radius 1 is 0.471 bits per heavy atom. The molecule has 0 aliphatic carbocycles. The number of likely N-dealkylation sites (N-methyl/N-ethyl adjacent to an activating group) is 1. The van der Waals surface area contributed by atoms with Gasteiger partial charge in [-0.3, -0.25) is 13.8 Å². The number of aliphatic hydroxyl groups is 1. The number of allylic oxidation sites excluding steroid dienone is 1. The molecule has 1 amide bonds. The van der Waals surface area contributed by atoms with E-state index in [1.54, 1.807) is 6.08 Å². The molecule has 0 spiro atoms. The zero-order valence-electron chi connectivity index (χ0n) is 47.8. The van der Waals surface area contributed by atoms with Crippen molar-refractivity contribution in [3.05, 3.63) is 12.2 Å². The summed E-state index contributed by atoms with van der Waals surface area (Å²) in [6, 6.07) is -0.839. The number of rotatable bonds is 58. The molecule has 8 nitrogen and oxygen atoms in total. The van der Waals surface area contributed by atoms with Gasteiger partial charge >= 0.3 is 7.82 Å². The highest BCUT2D eigenvalue weighted by atomic mass is 31.2. The Labute approximate surface area is 437 Å². The lowest BCUT2D eigenvalue weighted by molar-refractivity contribution is -0.870. The van der Waals surface area contributed by atoms with E-state index >= 15 is 0 Å². The van der Waals surface area contributed by atoms with E-state index in [2.05, 4.69) is 19.2 Å². The summed E-state index contributed by atoms with van der Waals surface area (Å²) in [5, 5.41) is 13.8. The van der Waals surface area contributed by atoms with Crippen LogP contribution in [0.1, 0.15) is 322 Å². The maximum Gasteiger partial charge on any atom is 0.472 e. The molecule has 9 heteroatoms. The molecule has 3 atom stereocenters. The zero-order chi connectivity index (χ0) is 51.3. The summed E-state index contributed by atoms with van der Waals surface area (Å²) in [6.07, 6.45) is 66.8. The number of carbonyl (C=O) groups is 1. The molecule has 0 rings (SSSR count). The van der Waals surface area contributed by atoms with Gasteiger partial charge in [-0.25, -0.2) is 4.57 Å². The average Bonchev–Trinajstić information content (AvgIpc) is 3.32. The van der Waals surface area contributed by atoms with Crippen LogP contribution < -0.4 is 5.32 Å². The number of amides is 1. The first-order valence-corrected chi connectivity index (χ1v) is 32.6. The van der Waals surface area contributed by atoms with E-state index < -0.39 is 20.0 Å². The molecule has 0 aromatic heterocycles. The second-order valence-corrected chi connectivity index (χ2v) is 24.3. The largest absolute Gasteiger partial charge is 0.472 e. The molecule has 0 fully saturated rings. The molecular weight excluding hydrogens is 888 g/mol. The predicted molar refractivity (Wildman–Crippen MR) is 305 cm³/mol. The summed E-state index contributed by atoms with van der Waals surface area (Å²) in [6.45, 7) is 4.81. The first-order valence-electron chi connectivity index (χ1n) is 31.1. The Hall–Kier alpha value is -0.760. The molecule has 0 heterocycles. The second-order valence-electron chi connectivity index (χ2n) is 22.8. The normalized spacial score (nSPS) is 13.9. The van der Waals surface area contributed by atoms with Gasteiger partial charge in [-0.2, -0.15) is 0 Å². The van der Waals surface area contributed by atoms with E-state index in [4.69, 9.17) is 9.05 Å². The first kappa shape index (κ1) is 69.2. The monoisotopic (exact) mass is 1010 g/mol. The van der Waals surface area contributed by atoms with Crippen LogP contribution >= 0.6 is 7.82 Å². The van der Waals surface area contributed by atoms with Gasteiger partial charge in [-0.05, 0) is 19.3 Å². The van der Waals surface area contributed by atoms with Crippen molar-refractivity contribution in [3.8, 4) is 0 Å². The van der Waals surface area contributed by atoms with Crippen LogP contribution in [0.15, 0.2) is 12.2 Å². The Balaban J connectivity index is 3.70. The third-order valence-electron chi connectivity index (χ3n) is 14.5. The summed E-state index contributed by atoms with van der Waals surface area (Å²) < 4.78 is 23.6. The Morgan fingerprint density at radius 3 is 1.06 bits per heavy atom. The predicted octanol–water partition coefficient (Wildman–Crippen LogP) is 19.0. The molecule has 3 N–H and O–H groups in total. The van der Waals surface area contributed by atoms with Gasteiger partial charge in [0.25, 0.3) is 0 Å². The summed E-state index contributed by atoms with van der Waals surface area (Å²) in [4.78, 5) is 23.1. The van der Waals surface area contributed by atoms with Crippen LogP contribution in [0, 0.1) is 0 Å². The molecular formula is C61H124N2O6P+. The van der Waals surface area contributed by atoms with Crippen molar-refractivity contribution in [2.45, 2.75) is 334 Å². The number of carbonyl (C=O) groups excluding carboxylic acids is 1. The van der Waals surface area contributed by atoms with Crippen molar-refractivity contribution in [3.63, 3.8) is 0 Å². The average molecular weight is 1010 g/mol. The fraction of sp³-hybridized carbons (Fsp3) is 0.951. The SMILES string of the molecule is CCCCCCCC/C=C/C(O)C(COP(=O)(O)OCC[N+](C)(C)C)NC(=O)CCCCCCCCCCCCCCCCCCCCCCCCCCCCCCCCCCCCCCCCCC. The number of hydrogen-bond donors (Lipinski definition) is 3. The minimum absolute atomic E-state index is 0.0643. The van der Waals surface area contributed by atoms with Crippen molar-refractivity contribution in [2.75, 3.05) is 40.9 Å². The van der Waals surface area contributed by atoms with Crippen LogP contribution in [0.3, 0.4) is 0 Å². The Kier molecular flexibility index (Phi) is 52.5. The summed E-state index contributed by atoms with van der Waals surface area (Å²) in [5.41, 5.74) is 0.